The first-order valence-electron chi connectivity index (χ1n) is 10.8. The maximum absolute atomic E-state index is 13.1. The molecule has 0 spiro atoms. The van der Waals surface area contributed by atoms with Crippen LogP contribution in [-0.2, 0) is 10.0 Å². The van der Waals surface area contributed by atoms with Gasteiger partial charge < -0.3 is 9.47 Å². The minimum atomic E-state index is -3.70. The summed E-state index contributed by atoms with van der Waals surface area (Å²) < 4.78 is 38.3. The van der Waals surface area contributed by atoms with Crippen molar-refractivity contribution in [1.29, 1.82) is 0 Å². The molecule has 3 rings (SSSR count). The van der Waals surface area contributed by atoms with Crippen LogP contribution < -0.4 is 20.3 Å². The van der Waals surface area contributed by atoms with Crippen molar-refractivity contribution in [1.82, 2.24) is 15.2 Å². The van der Waals surface area contributed by atoms with Crippen molar-refractivity contribution in [3.05, 3.63) is 53.1 Å². The number of carbonyl (C=O) groups is 2. The molecule has 9 nitrogen and oxygen atoms in total. The quantitative estimate of drug-likeness (QED) is 0.595. The standard InChI is InChI=1S/C23H29N3O6S/c1-4-32-19-11-10-17(14-20(19)31-3)22(27)24-25-23(28)18-9-8-16(2)21(15-18)33(29,30)26-12-6-5-7-13-26/h8-11,14-15H,4-7,12-13H2,1-3H3,(H,24,27)(H,25,28). The lowest BCUT2D eigenvalue weighted by Gasteiger charge is -2.26. The molecular formula is C23H29N3O6S. The van der Waals surface area contributed by atoms with Crippen molar-refractivity contribution >= 4 is 21.8 Å². The number of nitrogens with zero attached hydrogens (tertiary/aromatic N) is 1. The van der Waals surface area contributed by atoms with Gasteiger partial charge in [0, 0.05) is 24.2 Å². The third kappa shape index (κ3) is 5.63. The molecule has 2 N–H and O–H groups in total. The SMILES string of the molecule is CCOc1ccc(C(=O)NNC(=O)c2ccc(C)c(S(=O)(=O)N3CCCCC3)c2)cc1OC. The van der Waals surface area contributed by atoms with Crippen molar-refractivity contribution < 1.29 is 27.5 Å². The Kier molecular flexibility index (Phi) is 7.93. The van der Waals surface area contributed by atoms with Crippen LogP contribution in [0.5, 0.6) is 11.5 Å². The van der Waals surface area contributed by atoms with E-state index in [1.165, 1.54) is 29.6 Å². The largest absolute Gasteiger partial charge is 0.493 e. The first kappa shape index (κ1) is 24.5. The van der Waals surface area contributed by atoms with E-state index in [0.717, 1.165) is 19.3 Å². The Balaban J connectivity index is 1.72. The second-order valence-electron chi connectivity index (χ2n) is 7.65. The number of hydrogen-bond donors (Lipinski definition) is 2. The van der Waals surface area contributed by atoms with Crippen LogP contribution >= 0.6 is 0 Å². The molecule has 1 saturated heterocycles. The lowest BCUT2D eigenvalue weighted by Crippen LogP contribution is -2.41. The Morgan fingerprint density at radius 1 is 0.939 bits per heavy atom. The maximum atomic E-state index is 13.1. The van der Waals surface area contributed by atoms with Gasteiger partial charge in [0.25, 0.3) is 11.8 Å². The lowest BCUT2D eigenvalue weighted by molar-refractivity contribution is 0.0846. The second-order valence-corrected chi connectivity index (χ2v) is 9.56. The monoisotopic (exact) mass is 475 g/mol. The van der Waals surface area contributed by atoms with Crippen molar-refractivity contribution in [2.24, 2.45) is 0 Å². The number of hydrogen-bond acceptors (Lipinski definition) is 6. The highest BCUT2D eigenvalue weighted by Crippen LogP contribution is 2.28. The number of aryl methyl sites for hydroxylation is 1. The minimum absolute atomic E-state index is 0.0969. The zero-order valence-electron chi connectivity index (χ0n) is 19.0. The van der Waals surface area contributed by atoms with Crippen LogP contribution in [0.4, 0.5) is 0 Å². The number of carbonyl (C=O) groups excluding carboxylic acids is 2. The molecule has 0 aromatic heterocycles. The molecule has 33 heavy (non-hydrogen) atoms. The molecule has 0 unspecified atom stereocenters. The van der Waals surface area contributed by atoms with Gasteiger partial charge in [-0.25, -0.2) is 8.42 Å². The van der Waals surface area contributed by atoms with Crippen LogP contribution in [0.25, 0.3) is 0 Å². The summed E-state index contributed by atoms with van der Waals surface area (Å²) in [5, 5.41) is 0. The van der Waals surface area contributed by atoms with Crippen LogP contribution in [0, 0.1) is 6.92 Å². The zero-order valence-corrected chi connectivity index (χ0v) is 19.8. The molecule has 10 heteroatoms. The van der Waals surface area contributed by atoms with E-state index in [1.807, 2.05) is 6.92 Å². The van der Waals surface area contributed by atoms with E-state index in [2.05, 4.69) is 10.9 Å². The first-order valence-corrected chi connectivity index (χ1v) is 12.2. The van der Waals surface area contributed by atoms with Crippen molar-refractivity contribution in [3.8, 4) is 11.5 Å². The Bertz CT molecular complexity index is 1130. The Morgan fingerprint density at radius 3 is 2.15 bits per heavy atom. The predicted octanol–water partition coefficient (Wildman–Crippen LogP) is 2.65. The van der Waals surface area contributed by atoms with Crippen LogP contribution in [0.15, 0.2) is 41.3 Å². The average Bonchev–Trinajstić information content (AvgIpc) is 2.83. The van der Waals surface area contributed by atoms with Gasteiger partial charge in [-0.05, 0) is 62.6 Å². The fourth-order valence-electron chi connectivity index (χ4n) is 3.61. The van der Waals surface area contributed by atoms with Crippen LogP contribution in [0.3, 0.4) is 0 Å². The fourth-order valence-corrected chi connectivity index (χ4v) is 5.37. The van der Waals surface area contributed by atoms with Gasteiger partial charge in [-0.2, -0.15) is 4.31 Å². The minimum Gasteiger partial charge on any atom is -0.493 e. The summed E-state index contributed by atoms with van der Waals surface area (Å²) in [4.78, 5) is 25.2. The van der Waals surface area contributed by atoms with E-state index in [1.54, 1.807) is 25.1 Å². The van der Waals surface area contributed by atoms with Gasteiger partial charge in [0.05, 0.1) is 18.6 Å². The van der Waals surface area contributed by atoms with E-state index in [-0.39, 0.29) is 16.0 Å². The number of hydrazine groups is 1. The number of amides is 2. The Labute approximate surface area is 194 Å². The van der Waals surface area contributed by atoms with Crippen LogP contribution in [-0.4, -0.2) is 51.3 Å². The Hall–Kier alpha value is -3.11. The molecule has 0 aliphatic carbocycles. The van der Waals surface area contributed by atoms with Gasteiger partial charge >= 0.3 is 0 Å². The molecule has 0 atom stereocenters. The van der Waals surface area contributed by atoms with E-state index in [4.69, 9.17) is 9.47 Å². The lowest BCUT2D eigenvalue weighted by atomic mass is 10.1. The van der Waals surface area contributed by atoms with Gasteiger partial charge in [-0.1, -0.05) is 12.5 Å². The molecule has 0 saturated carbocycles. The summed E-state index contributed by atoms with van der Waals surface area (Å²) in [5.74, 6) is -0.293. The van der Waals surface area contributed by atoms with Gasteiger partial charge in [0.1, 0.15) is 0 Å². The highest BCUT2D eigenvalue weighted by atomic mass is 32.2. The van der Waals surface area contributed by atoms with E-state index in [0.29, 0.717) is 36.8 Å². The summed E-state index contributed by atoms with van der Waals surface area (Å²) in [6.07, 6.45) is 2.65. The van der Waals surface area contributed by atoms with Gasteiger partial charge in [0.15, 0.2) is 11.5 Å². The first-order chi connectivity index (χ1) is 15.8. The van der Waals surface area contributed by atoms with E-state index < -0.39 is 21.8 Å². The summed E-state index contributed by atoms with van der Waals surface area (Å²) in [6.45, 7) is 4.92. The number of piperidine rings is 1. The highest BCUT2D eigenvalue weighted by molar-refractivity contribution is 7.89. The van der Waals surface area contributed by atoms with Crippen molar-refractivity contribution in [2.45, 2.75) is 38.0 Å². The third-order valence-corrected chi connectivity index (χ3v) is 7.44. The molecule has 1 aliphatic rings. The van der Waals surface area contributed by atoms with Gasteiger partial charge in [-0.15, -0.1) is 0 Å². The average molecular weight is 476 g/mol. The number of sulfonamides is 1. The fraction of sp³-hybridized carbons (Fsp3) is 0.391. The van der Waals surface area contributed by atoms with Crippen molar-refractivity contribution in [2.75, 3.05) is 26.8 Å². The van der Waals surface area contributed by atoms with E-state index in [9.17, 15) is 18.0 Å². The number of methoxy groups -OCH3 is 1. The normalized spacial score (nSPS) is 14.4. The summed E-state index contributed by atoms with van der Waals surface area (Å²) >= 11 is 0. The summed E-state index contributed by atoms with van der Waals surface area (Å²) in [6, 6.07) is 9.11. The molecule has 2 aromatic rings. The molecule has 2 amide bonds. The molecule has 1 heterocycles. The second kappa shape index (κ2) is 10.7. The molecule has 1 aliphatic heterocycles. The van der Waals surface area contributed by atoms with E-state index >= 15 is 0 Å². The topological polar surface area (TPSA) is 114 Å². The smallest absolute Gasteiger partial charge is 0.269 e. The number of benzene rings is 2. The zero-order chi connectivity index (χ0) is 24.0. The van der Waals surface area contributed by atoms with Gasteiger partial charge in [0.2, 0.25) is 10.0 Å². The van der Waals surface area contributed by atoms with Gasteiger partial charge in [-0.3, -0.25) is 20.4 Å². The highest BCUT2D eigenvalue weighted by Gasteiger charge is 2.28. The summed E-state index contributed by atoms with van der Waals surface area (Å²) in [7, 11) is -2.23. The number of ether oxygens (including phenoxy) is 2. The molecule has 0 radical (unpaired) electrons. The molecular weight excluding hydrogens is 446 g/mol. The molecule has 1 fully saturated rings. The van der Waals surface area contributed by atoms with Crippen LogP contribution in [0.1, 0.15) is 52.5 Å². The van der Waals surface area contributed by atoms with Crippen molar-refractivity contribution in [3.63, 3.8) is 0 Å². The predicted molar refractivity (Wildman–Crippen MR) is 123 cm³/mol. The summed E-state index contributed by atoms with van der Waals surface area (Å²) in [5.41, 5.74) is 5.62. The maximum Gasteiger partial charge on any atom is 0.269 e. The van der Waals surface area contributed by atoms with Crippen LogP contribution in [0.2, 0.25) is 0 Å². The number of rotatable bonds is 7. The molecule has 2 aromatic carbocycles. The molecule has 0 bridgehead atoms. The molecule has 178 valence electrons. The third-order valence-electron chi connectivity index (χ3n) is 5.40. The Morgan fingerprint density at radius 2 is 1.55 bits per heavy atom. The number of nitrogens with one attached hydrogen (secondary N) is 2.